The van der Waals surface area contributed by atoms with Gasteiger partial charge in [-0.25, -0.2) is 112 Å². The topological polar surface area (TPSA) is 573 Å². The fourth-order valence-electron chi connectivity index (χ4n) is 13.7. The number of anilines is 10. The Labute approximate surface area is 855 Å². The van der Waals surface area contributed by atoms with Crippen LogP contribution in [0.25, 0.3) is 34.2 Å². The van der Waals surface area contributed by atoms with Crippen molar-refractivity contribution < 1.29 is 90.9 Å². The van der Waals surface area contributed by atoms with Gasteiger partial charge in [0.15, 0.2) is 34.7 Å². The minimum atomic E-state index is -3.34. The molecule has 4 aliphatic heterocycles. The largest absolute Gasteiger partial charge is 0.443 e. The van der Waals surface area contributed by atoms with Crippen LogP contribution in [0.2, 0.25) is 19.6 Å². The van der Waals surface area contributed by atoms with E-state index in [9.17, 15) is 62.4 Å². The maximum absolute atomic E-state index is 13.5. The predicted molar refractivity (Wildman–Crippen MR) is 558 cm³/mol. The van der Waals surface area contributed by atoms with Gasteiger partial charge in [0.2, 0.25) is 40.1 Å². The molecule has 0 saturated carbocycles. The van der Waals surface area contributed by atoms with E-state index < -0.39 is 118 Å². The molecule has 12 rings (SSSR count). The van der Waals surface area contributed by atoms with Crippen LogP contribution in [0.5, 0.6) is 0 Å². The van der Waals surface area contributed by atoms with Gasteiger partial charge >= 0.3 is 36.6 Å². The van der Waals surface area contributed by atoms with Gasteiger partial charge in [-0.1, -0.05) is 36.0 Å². The Bertz CT molecular complexity index is 6480. The van der Waals surface area contributed by atoms with Gasteiger partial charge in [0, 0.05) is 116 Å². The highest BCUT2D eigenvalue weighted by atomic mass is 32.2. The fraction of sp³-hybridized carbons (Fsp3) is 0.548. The molecule has 0 atom stereocenters. The summed E-state index contributed by atoms with van der Waals surface area (Å²) in [6, 6.07) is 14.2. The number of nitrogens with zero attached hydrogens (tertiary/aromatic N) is 25. The molecule has 53 heteroatoms. The van der Waals surface area contributed by atoms with Crippen molar-refractivity contribution in [2.45, 2.75) is 206 Å². The van der Waals surface area contributed by atoms with Crippen molar-refractivity contribution >= 4 is 143 Å². The fourth-order valence-corrected chi connectivity index (χ4v) is 18.6. The van der Waals surface area contributed by atoms with Crippen LogP contribution in [-0.2, 0) is 68.5 Å². The lowest BCUT2D eigenvalue weighted by Gasteiger charge is -2.34. The Morgan fingerprint density at radius 2 is 0.610 bits per heavy atom. The summed E-state index contributed by atoms with van der Waals surface area (Å²) in [7, 11) is -15.0. The monoisotopic (exact) mass is 2120 g/mol. The number of carbonyl (C=O) groups excluding carboxylic acids is 6. The minimum Gasteiger partial charge on any atom is -0.443 e. The van der Waals surface area contributed by atoms with Gasteiger partial charge in [-0.3, -0.25) is 0 Å². The summed E-state index contributed by atoms with van der Waals surface area (Å²) in [5, 5.41) is 16.8. The molecule has 4 fully saturated rings. The smallest absolute Gasteiger partial charge is 0.425 e. The van der Waals surface area contributed by atoms with Crippen molar-refractivity contribution in [2.24, 2.45) is 0 Å². The number of amides is 6. The van der Waals surface area contributed by atoms with Crippen LogP contribution < -0.4 is 51.5 Å². The van der Waals surface area contributed by atoms with Crippen molar-refractivity contribution in [3.8, 4) is 58.0 Å². The number of aromatic nitrogens is 14. The molecule has 796 valence electrons. The second kappa shape index (κ2) is 47.1. The number of carbonyl (C=O) groups is 6. The zero-order chi connectivity index (χ0) is 109. The lowest BCUT2D eigenvalue weighted by molar-refractivity contribution is 0.0406. The summed E-state index contributed by atoms with van der Waals surface area (Å²) in [6.07, 6.45) is 8.84. The van der Waals surface area contributed by atoms with Crippen molar-refractivity contribution in [1.82, 2.24) is 87.1 Å². The van der Waals surface area contributed by atoms with E-state index >= 15 is 0 Å². The number of hydrogen-bond acceptors (Lipinski definition) is 39. The Kier molecular flexibility index (Phi) is 37.6. The molecule has 6 aromatic heterocycles. The first-order chi connectivity index (χ1) is 67.6. The lowest BCUT2D eigenvalue weighted by atomic mass is 10.2. The number of benzene rings is 2. The number of hydrogen-bond donors (Lipinski definition) is 3. The molecule has 10 heterocycles. The van der Waals surface area contributed by atoms with Crippen molar-refractivity contribution in [3.63, 3.8) is 0 Å². The van der Waals surface area contributed by atoms with Gasteiger partial charge in [-0.15, -0.1) is 22.2 Å². The highest BCUT2D eigenvalue weighted by molar-refractivity contribution is 7.89. The van der Waals surface area contributed by atoms with E-state index in [-0.39, 0.29) is 82.1 Å². The number of rotatable bonds is 19. The van der Waals surface area contributed by atoms with E-state index in [1.54, 1.807) is 212 Å². The summed E-state index contributed by atoms with van der Waals surface area (Å²) < 4.78 is 139. The van der Waals surface area contributed by atoms with E-state index in [1.807, 2.05) is 31.7 Å². The Morgan fingerprint density at radius 3 is 0.884 bits per heavy atom. The normalized spacial score (nSPS) is 15.2. The third-order valence-corrected chi connectivity index (χ3v) is 29.3. The average molecular weight is 2120 g/mol. The van der Waals surface area contributed by atoms with E-state index in [1.165, 1.54) is 40.5 Å². The molecular formula is C93H136N28O20S4Si. The van der Waals surface area contributed by atoms with Crippen LogP contribution in [-0.4, -0.2) is 327 Å². The van der Waals surface area contributed by atoms with E-state index in [2.05, 4.69) is 92.5 Å². The molecule has 6 amide bonds. The van der Waals surface area contributed by atoms with Crippen LogP contribution in [0, 0.1) is 23.8 Å². The first kappa shape index (κ1) is 116. The molecule has 146 heavy (non-hydrogen) atoms. The lowest BCUT2D eigenvalue weighted by Crippen LogP contribution is -2.49. The van der Waals surface area contributed by atoms with E-state index in [0.717, 1.165) is 10.6 Å². The maximum atomic E-state index is 13.5. The Morgan fingerprint density at radius 1 is 0.363 bits per heavy atom. The van der Waals surface area contributed by atoms with Crippen LogP contribution in [0.15, 0.2) is 85.7 Å². The Balaban J connectivity index is 0.000000219. The second-order valence-electron chi connectivity index (χ2n) is 40.6. The van der Waals surface area contributed by atoms with Crippen molar-refractivity contribution in [1.29, 1.82) is 0 Å². The number of sulfonamides is 4. The Hall–Kier alpha value is -13.2. The van der Waals surface area contributed by atoms with Crippen LogP contribution in [0.3, 0.4) is 0 Å². The number of nitrogens with two attached hydrogens (primary N) is 3. The standard InChI is InChI=1S/C28H39N9O6S.C25H41N5O6SSi.C22H33N5O6S.C18H23N9O2S/c1-8-44(40,41)35-15-13-34(14-16-35)22-17-30-24(37(25(38)42-27(2,3)4)26(39)43-28(5,6)7)23(31-22)21-18-36(33-32-21)20-11-9-19(29)10-12-20;1-11-37(33,34)29-15-13-28(14-16-29)20-18-26-21(19(27-20)12-17-38(8,9)10)30(22(31)35-24(2,3)4)23(32)36-25(5,6)7;1-9-16-18(27(19(28)32-21(3,4)5)20(29)33-22(6,7)8)23-15-17(24-16)25-11-13-26(14-12-25)34(30,31)10-2;1-2-30(28,29)26-9-7-25(8-10-26)16-11-21-18(20)17(22-16)15-12-27(24-23-15)14-5-3-13(19)4-6-14/h9-12,17-18H,8,13-16,29H2,1-7H3;18H,11,13-16H2,1-10H3;1,15H,10-14H2,2-8H3;3-6,11-12H,2,7-10,19H2,1H3,(H2,20,21). The molecular weight excluding hydrogens is 1990 g/mol. The zero-order valence-electron chi connectivity index (χ0n) is 87.5. The van der Waals surface area contributed by atoms with Gasteiger partial charge in [0.05, 0.1) is 71.6 Å². The summed E-state index contributed by atoms with van der Waals surface area (Å²) in [5.41, 5.74) is 19.4. The minimum absolute atomic E-state index is 0.0144. The molecule has 4 saturated heterocycles. The van der Waals surface area contributed by atoms with Crippen molar-refractivity contribution in [3.05, 3.63) is 97.1 Å². The molecule has 0 unspecified atom stereocenters. The third-order valence-electron chi connectivity index (χ3n) is 20.9. The molecule has 2 aromatic carbocycles. The first-order valence-corrected chi connectivity index (χ1v) is 57.1. The number of terminal acetylenes is 1. The van der Waals surface area contributed by atoms with Crippen LogP contribution in [0.4, 0.5) is 86.7 Å². The molecule has 0 aliphatic carbocycles. The molecule has 0 spiro atoms. The third kappa shape index (κ3) is 32.9. The SMILES string of the molecule is C#Cc1nc(N2CCN(S(=O)(=O)CC)CC2)cnc1N(C(=O)OC(C)(C)C)C(=O)OC(C)(C)C.CCS(=O)(=O)N1CCN(c2cnc(N(C(=O)OC(C)(C)C)C(=O)OC(C)(C)C)c(-c3cn(-c4ccc(N)cc4)nn3)n2)CC1.CCS(=O)(=O)N1CCN(c2cnc(N(C(=O)OC(C)(C)C)C(=O)OC(C)(C)C)c(C#C[Si](C)(C)C)n2)CC1.CCS(=O)(=O)N1CCN(c2cnc(N)c(-c3cn(-c4ccc(N)cc4)nn3)n2)CC1. The summed E-state index contributed by atoms with van der Waals surface area (Å²) in [6.45, 7) is 48.7. The summed E-state index contributed by atoms with van der Waals surface area (Å²) in [4.78, 5) is 125. The molecule has 0 bridgehead atoms. The molecule has 48 nitrogen and oxygen atoms in total. The number of ether oxygens (including phenoxy) is 6. The molecule has 4 aliphatic rings. The van der Waals surface area contributed by atoms with Gasteiger partial charge < -0.3 is 65.2 Å². The molecule has 0 radical (unpaired) electrons. The van der Waals surface area contributed by atoms with Gasteiger partial charge in [-0.05, 0) is 207 Å². The quantitative estimate of drug-likeness (QED) is 0.0293. The first-order valence-electron chi connectivity index (χ1n) is 47.1. The molecule has 8 aromatic rings. The highest BCUT2D eigenvalue weighted by Crippen LogP contribution is 2.35. The second-order valence-corrected chi connectivity index (χ2v) is 54.4. The van der Waals surface area contributed by atoms with Gasteiger partial charge in [0.25, 0.3) is 0 Å². The summed E-state index contributed by atoms with van der Waals surface area (Å²) >= 11 is 0. The summed E-state index contributed by atoms with van der Waals surface area (Å²) in [5.74, 6) is 7.28. The average Bonchev–Trinajstić information content (AvgIpc) is 1.41. The predicted octanol–water partition coefficient (Wildman–Crippen LogP) is 10.3. The molecule has 6 N–H and O–H groups in total. The highest BCUT2D eigenvalue weighted by Gasteiger charge is 2.42. The van der Waals surface area contributed by atoms with Crippen LogP contribution in [0.1, 0.15) is 164 Å². The number of nitrogen functional groups attached to an aromatic ring is 3. The number of imide groups is 3. The van der Waals surface area contributed by atoms with E-state index in [4.69, 9.17) is 57.0 Å². The maximum Gasteiger partial charge on any atom is 0.425 e. The van der Waals surface area contributed by atoms with Crippen molar-refractivity contribution in [2.75, 3.05) is 179 Å². The van der Waals surface area contributed by atoms with E-state index in [0.29, 0.717) is 153 Å². The number of piperazine rings is 4. The van der Waals surface area contributed by atoms with Gasteiger partial charge in [0.1, 0.15) is 87.7 Å². The zero-order valence-corrected chi connectivity index (χ0v) is 91.8. The van der Waals surface area contributed by atoms with Crippen LogP contribution >= 0.6 is 0 Å². The van der Waals surface area contributed by atoms with Gasteiger partial charge in [-0.2, -0.15) is 31.9 Å².